The van der Waals surface area contributed by atoms with E-state index < -0.39 is 0 Å². The van der Waals surface area contributed by atoms with Crippen molar-refractivity contribution in [2.45, 2.75) is 44.4 Å². The maximum Gasteiger partial charge on any atom is 0.311 e. The molecule has 2 aliphatic heterocycles. The van der Waals surface area contributed by atoms with Crippen molar-refractivity contribution in [3.8, 4) is 0 Å². The zero-order valence-corrected chi connectivity index (χ0v) is 15.4. The molecule has 0 aliphatic carbocycles. The molecule has 0 N–H and O–H groups in total. The van der Waals surface area contributed by atoms with Gasteiger partial charge in [0.2, 0.25) is 0 Å². The van der Waals surface area contributed by atoms with E-state index in [1.165, 1.54) is 12.0 Å². The number of fused-ring (bicyclic) bond motifs is 2. The number of hydrogen-bond donors (Lipinski definition) is 0. The second kappa shape index (κ2) is 7.63. The minimum Gasteiger partial charge on any atom is -0.461 e. The van der Waals surface area contributed by atoms with Crippen LogP contribution in [0, 0.1) is 11.8 Å². The second-order valence-electron chi connectivity index (χ2n) is 7.77. The molecule has 2 saturated heterocycles. The van der Waals surface area contributed by atoms with E-state index in [-0.39, 0.29) is 11.9 Å². The van der Waals surface area contributed by atoms with Crippen molar-refractivity contribution in [1.82, 2.24) is 4.90 Å². The van der Waals surface area contributed by atoms with E-state index in [4.69, 9.17) is 4.74 Å². The standard InChI is InChI=1S/C23H27NO2/c1-24-20-12-13-21(24)22(19(15-20)14-17-8-4-2-5-9-17)23(25)26-16-18-10-6-3-7-11-18/h2-11,19-22H,12-16H2,1H3/t19-,20+,21?,22?/m0/s1. The first-order valence-corrected chi connectivity index (χ1v) is 9.69. The Morgan fingerprint density at radius 2 is 1.65 bits per heavy atom. The topological polar surface area (TPSA) is 29.5 Å². The molecular weight excluding hydrogens is 322 g/mol. The van der Waals surface area contributed by atoms with Crippen LogP contribution in [-0.2, 0) is 22.6 Å². The van der Waals surface area contributed by atoms with Gasteiger partial charge in [0, 0.05) is 12.1 Å². The molecule has 2 bridgehead atoms. The highest BCUT2D eigenvalue weighted by molar-refractivity contribution is 5.74. The lowest BCUT2D eigenvalue weighted by atomic mass is 9.77. The maximum absolute atomic E-state index is 13.1. The number of rotatable bonds is 5. The maximum atomic E-state index is 13.1. The van der Waals surface area contributed by atoms with Crippen molar-refractivity contribution in [2.75, 3.05) is 7.05 Å². The highest BCUT2D eigenvalue weighted by Crippen LogP contribution is 2.43. The molecule has 4 atom stereocenters. The SMILES string of the molecule is CN1C2CC[C@@H]1C[C@H](Cc1ccccc1)C2C(=O)OCc1ccccc1. The quantitative estimate of drug-likeness (QED) is 0.762. The predicted molar refractivity (Wildman–Crippen MR) is 103 cm³/mol. The summed E-state index contributed by atoms with van der Waals surface area (Å²) < 4.78 is 5.77. The smallest absolute Gasteiger partial charge is 0.311 e. The van der Waals surface area contributed by atoms with Crippen LogP contribution >= 0.6 is 0 Å². The molecule has 0 saturated carbocycles. The fourth-order valence-corrected chi connectivity index (χ4v) is 4.87. The van der Waals surface area contributed by atoms with Crippen LogP contribution in [0.25, 0.3) is 0 Å². The fourth-order valence-electron chi connectivity index (χ4n) is 4.87. The minimum absolute atomic E-state index is 0.0213. The van der Waals surface area contributed by atoms with Crippen molar-refractivity contribution < 1.29 is 9.53 Å². The highest BCUT2D eigenvalue weighted by atomic mass is 16.5. The molecule has 0 amide bonds. The normalized spacial score (nSPS) is 28.0. The third-order valence-corrected chi connectivity index (χ3v) is 6.23. The first-order chi connectivity index (χ1) is 12.7. The Labute approximate surface area is 156 Å². The fraction of sp³-hybridized carbons (Fsp3) is 0.435. The zero-order chi connectivity index (χ0) is 17.9. The monoisotopic (exact) mass is 349 g/mol. The van der Waals surface area contributed by atoms with Gasteiger partial charge in [0.15, 0.2) is 0 Å². The van der Waals surface area contributed by atoms with Crippen molar-refractivity contribution in [2.24, 2.45) is 11.8 Å². The third-order valence-electron chi connectivity index (χ3n) is 6.23. The Morgan fingerprint density at radius 1 is 1.00 bits per heavy atom. The summed E-state index contributed by atoms with van der Waals surface area (Å²) >= 11 is 0. The summed E-state index contributed by atoms with van der Waals surface area (Å²) in [7, 11) is 2.18. The molecule has 2 aromatic rings. The van der Waals surface area contributed by atoms with Gasteiger partial charge in [-0.3, -0.25) is 9.69 Å². The summed E-state index contributed by atoms with van der Waals surface area (Å²) in [6.45, 7) is 0.369. The predicted octanol–water partition coefficient (Wildman–Crippen LogP) is 4.07. The van der Waals surface area contributed by atoms with Crippen LogP contribution in [0.15, 0.2) is 60.7 Å². The molecular formula is C23H27NO2. The van der Waals surface area contributed by atoms with Gasteiger partial charge in [-0.1, -0.05) is 60.7 Å². The Balaban J connectivity index is 1.50. The average molecular weight is 349 g/mol. The first-order valence-electron chi connectivity index (χ1n) is 9.69. The molecule has 2 heterocycles. The van der Waals surface area contributed by atoms with E-state index in [1.807, 2.05) is 36.4 Å². The number of benzene rings is 2. The minimum atomic E-state index is -0.0253. The van der Waals surface area contributed by atoms with Gasteiger partial charge in [-0.25, -0.2) is 0 Å². The van der Waals surface area contributed by atoms with Crippen molar-refractivity contribution in [3.63, 3.8) is 0 Å². The number of esters is 1. The number of carbonyl (C=O) groups excluding carboxylic acids is 1. The second-order valence-corrected chi connectivity index (χ2v) is 7.77. The molecule has 2 unspecified atom stereocenters. The summed E-state index contributed by atoms with van der Waals surface area (Å²) in [5, 5.41) is 0. The third kappa shape index (κ3) is 3.54. The van der Waals surface area contributed by atoms with Gasteiger partial charge in [-0.05, 0) is 49.8 Å². The van der Waals surface area contributed by atoms with Gasteiger partial charge in [0.25, 0.3) is 0 Å². The highest BCUT2D eigenvalue weighted by Gasteiger charge is 2.49. The van der Waals surface area contributed by atoms with Gasteiger partial charge in [0.05, 0.1) is 5.92 Å². The number of nitrogens with zero attached hydrogens (tertiary/aromatic N) is 1. The first kappa shape index (κ1) is 17.3. The molecule has 3 heteroatoms. The molecule has 0 spiro atoms. The van der Waals surface area contributed by atoms with Gasteiger partial charge in [-0.15, -0.1) is 0 Å². The van der Waals surface area contributed by atoms with Gasteiger partial charge < -0.3 is 4.74 Å². The van der Waals surface area contributed by atoms with Gasteiger partial charge in [-0.2, -0.15) is 0 Å². The van der Waals surface area contributed by atoms with E-state index in [0.717, 1.165) is 24.8 Å². The van der Waals surface area contributed by atoms with Crippen molar-refractivity contribution >= 4 is 5.97 Å². The summed E-state index contributed by atoms with van der Waals surface area (Å²) in [5.74, 6) is 0.323. The van der Waals surface area contributed by atoms with Crippen LogP contribution < -0.4 is 0 Å². The van der Waals surface area contributed by atoms with E-state index in [0.29, 0.717) is 24.6 Å². The van der Waals surface area contributed by atoms with Crippen LogP contribution in [0.4, 0.5) is 0 Å². The van der Waals surface area contributed by atoms with E-state index >= 15 is 0 Å². The molecule has 136 valence electrons. The van der Waals surface area contributed by atoms with E-state index in [2.05, 4.69) is 36.2 Å². The molecule has 2 aliphatic rings. The van der Waals surface area contributed by atoms with Gasteiger partial charge in [0.1, 0.15) is 6.61 Å². The van der Waals surface area contributed by atoms with Crippen molar-refractivity contribution in [1.29, 1.82) is 0 Å². The molecule has 4 rings (SSSR count). The lowest BCUT2D eigenvalue weighted by molar-refractivity contribution is -0.156. The summed E-state index contributed by atoms with van der Waals surface area (Å²) in [5.41, 5.74) is 2.37. The van der Waals surface area contributed by atoms with E-state index in [9.17, 15) is 4.79 Å². The number of carbonyl (C=O) groups is 1. The summed E-state index contributed by atoms with van der Waals surface area (Å²) in [6, 6.07) is 21.5. The van der Waals surface area contributed by atoms with E-state index in [1.54, 1.807) is 0 Å². The Morgan fingerprint density at radius 3 is 2.35 bits per heavy atom. The van der Waals surface area contributed by atoms with Crippen molar-refractivity contribution in [3.05, 3.63) is 71.8 Å². The molecule has 0 aromatic heterocycles. The Hall–Kier alpha value is -2.13. The molecule has 3 nitrogen and oxygen atoms in total. The van der Waals surface area contributed by atoms with Crippen LogP contribution in [0.2, 0.25) is 0 Å². The van der Waals surface area contributed by atoms with Crippen LogP contribution in [0.5, 0.6) is 0 Å². The Kier molecular flexibility index (Phi) is 5.07. The van der Waals surface area contributed by atoms with Gasteiger partial charge >= 0.3 is 5.97 Å². The summed E-state index contributed by atoms with van der Waals surface area (Å²) in [6.07, 6.45) is 4.37. The average Bonchev–Trinajstić information content (AvgIpc) is 2.91. The zero-order valence-electron chi connectivity index (χ0n) is 15.4. The Bertz CT molecular complexity index is 730. The largest absolute Gasteiger partial charge is 0.461 e. The number of piperidine rings is 1. The molecule has 2 fully saturated rings. The van der Waals surface area contributed by atoms with Crippen LogP contribution in [0.3, 0.4) is 0 Å². The van der Waals surface area contributed by atoms with Crippen LogP contribution in [0.1, 0.15) is 30.4 Å². The summed E-state index contributed by atoms with van der Waals surface area (Å²) in [4.78, 5) is 15.5. The molecule has 0 radical (unpaired) electrons. The number of ether oxygens (including phenoxy) is 1. The molecule has 26 heavy (non-hydrogen) atoms. The lowest BCUT2D eigenvalue weighted by Gasteiger charge is -2.41. The number of hydrogen-bond acceptors (Lipinski definition) is 3. The lowest BCUT2D eigenvalue weighted by Crippen LogP contribution is -2.50. The van der Waals surface area contributed by atoms with Crippen LogP contribution in [-0.4, -0.2) is 30.0 Å². The molecule has 2 aromatic carbocycles.